The number of H-pyrrole nitrogens is 1. The molecule has 0 aliphatic carbocycles. The van der Waals surface area contributed by atoms with Crippen LogP contribution in [0.3, 0.4) is 0 Å². The van der Waals surface area contributed by atoms with Gasteiger partial charge in [0, 0.05) is 62.2 Å². The number of ether oxygens (including phenoxy) is 2. The fraction of sp³-hybridized carbons (Fsp3) is 0.314. The first-order valence-corrected chi connectivity index (χ1v) is 15.7. The van der Waals surface area contributed by atoms with E-state index in [9.17, 15) is 32.3 Å². The summed E-state index contributed by atoms with van der Waals surface area (Å²) in [6.45, 7) is 0.769. The fourth-order valence-electron chi connectivity index (χ4n) is 5.30. The van der Waals surface area contributed by atoms with Crippen molar-refractivity contribution in [2.45, 2.75) is 44.9 Å². The molecule has 2 aromatic heterocycles. The van der Waals surface area contributed by atoms with E-state index in [0.717, 1.165) is 31.0 Å². The second-order valence-corrected chi connectivity index (χ2v) is 11.8. The number of pyridine rings is 1. The van der Waals surface area contributed by atoms with Gasteiger partial charge in [-0.05, 0) is 68.2 Å². The van der Waals surface area contributed by atoms with E-state index in [-0.39, 0.29) is 48.9 Å². The maximum absolute atomic E-state index is 14.5. The van der Waals surface area contributed by atoms with Crippen LogP contribution in [0.1, 0.15) is 36.9 Å². The van der Waals surface area contributed by atoms with Gasteiger partial charge in [0.2, 0.25) is 5.91 Å². The van der Waals surface area contributed by atoms with Gasteiger partial charge in [-0.15, -0.1) is 0 Å². The number of hydrogen-bond donors (Lipinski definition) is 2. The van der Waals surface area contributed by atoms with Crippen LogP contribution in [-0.4, -0.2) is 70.5 Å². The summed E-state index contributed by atoms with van der Waals surface area (Å²) in [5, 5.41) is 3.02. The number of amides is 3. The van der Waals surface area contributed by atoms with E-state index in [1.165, 1.54) is 44.8 Å². The first-order chi connectivity index (χ1) is 23.5. The Balaban J connectivity index is 1.30. The molecule has 258 valence electrons. The summed E-state index contributed by atoms with van der Waals surface area (Å²) >= 11 is 0. The lowest BCUT2D eigenvalue weighted by Crippen LogP contribution is -2.39. The topological polar surface area (TPSA) is 126 Å². The molecule has 0 bridgehead atoms. The summed E-state index contributed by atoms with van der Waals surface area (Å²) in [6.07, 6.45) is 4.61. The number of halogens is 3. The molecule has 49 heavy (non-hydrogen) atoms. The number of aromatic nitrogens is 2. The quantitative estimate of drug-likeness (QED) is 0.195. The minimum atomic E-state index is -1.23. The molecule has 3 heterocycles. The number of anilines is 1. The number of rotatable bonds is 12. The maximum Gasteiger partial charge on any atom is 0.410 e. The molecule has 0 saturated carbocycles. The van der Waals surface area contributed by atoms with Crippen LogP contribution < -0.4 is 15.6 Å². The Morgan fingerprint density at radius 2 is 1.82 bits per heavy atom. The van der Waals surface area contributed by atoms with Crippen molar-refractivity contribution in [3.63, 3.8) is 0 Å². The van der Waals surface area contributed by atoms with Gasteiger partial charge in [0.05, 0.1) is 12.1 Å². The van der Waals surface area contributed by atoms with E-state index in [4.69, 9.17) is 9.47 Å². The van der Waals surface area contributed by atoms with Crippen molar-refractivity contribution >= 4 is 34.5 Å². The van der Waals surface area contributed by atoms with Gasteiger partial charge in [-0.1, -0.05) is 6.08 Å². The monoisotopic (exact) mass is 679 g/mol. The van der Waals surface area contributed by atoms with Crippen molar-refractivity contribution in [2.24, 2.45) is 0 Å². The lowest BCUT2D eigenvalue weighted by molar-refractivity contribution is -0.125. The maximum atomic E-state index is 14.5. The minimum absolute atomic E-state index is 0.00292. The first-order valence-electron chi connectivity index (χ1n) is 15.7. The molecule has 11 nitrogen and oxygen atoms in total. The van der Waals surface area contributed by atoms with Gasteiger partial charge in [0.15, 0.2) is 6.10 Å². The third-order valence-electron chi connectivity index (χ3n) is 7.93. The highest BCUT2D eigenvalue weighted by Gasteiger charge is 2.28. The van der Waals surface area contributed by atoms with E-state index in [0.29, 0.717) is 29.7 Å². The molecule has 1 atom stereocenters. The Hall–Kier alpha value is -5.53. The summed E-state index contributed by atoms with van der Waals surface area (Å²) in [5.74, 6) is -2.97. The summed E-state index contributed by atoms with van der Waals surface area (Å²) in [5.41, 5.74) is 0.381. The predicted octanol–water partition coefficient (Wildman–Crippen LogP) is 5.34. The number of likely N-dealkylation sites (N-methyl/N-ethyl adjacent to an activating group) is 1. The number of carbonyl (C=O) groups is 3. The number of nitrogens with one attached hydrogen (secondary N) is 2. The average Bonchev–Trinajstić information content (AvgIpc) is 3.74. The zero-order valence-corrected chi connectivity index (χ0v) is 27.0. The van der Waals surface area contributed by atoms with Crippen LogP contribution in [-0.2, 0) is 27.5 Å². The first kappa shape index (κ1) is 34.8. The molecule has 1 saturated heterocycles. The van der Waals surface area contributed by atoms with Crippen molar-refractivity contribution in [1.29, 1.82) is 0 Å². The van der Waals surface area contributed by atoms with Crippen LogP contribution in [0.2, 0.25) is 0 Å². The highest BCUT2D eigenvalue weighted by atomic mass is 19.1. The van der Waals surface area contributed by atoms with Crippen LogP contribution in [0.15, 0.2) is 71.7 Å². The third kappa shape index (κ3) is 8.89. The molecule has 3 amide bonds. The summed E-state index contributed by atoms with van der Waals surface area (Å²) in [4.78, 5) is 57.4. The summed E-state index contributed by atoms with van der Waals surface area (Å²) in [6, 6.07) is 10.1. The van der Waals surface area contributed by atoms with Crippen molar-refractivity contribution in [2.75, 3.05) is 32.5 Å². The van der Waals surface area contributed by atoms with Gasteiger partial charge in [-0.25, -0.2) is 18.0 Å². The van der Waals surface area contributed by atoms with Crippen LogP contribution in [0.5, 0.6) is 5.75 Å². The Bertz CT molecular complexity index is 1930. The molecule has 2 aromatic carbocycles. The lowest BCUT2D eigenvalue weighted by atomic mass is 10.1. The Labute approximate surface area is 279 Å². The molecule has 0 radical (unpaired) electrons. The highest BCUT2D eigenvalue weighted by molar-refractivity contribution is 5.95. The van der Waals surface area contributed by atoms with Gasteiger partial charge >= 0.3 is 6.09 Å². The van der Waals surface area contributed by atoms with E-state index >= 15 is 0 Å². The molecular formula is C35H36F3N5O6. The number of nitrogens with zero attached hydrogens (tertiary/aromatic N) is 3. The smallest absolute Gasteiger partial charge is 0.410 e. The number of aromatic amines is 1. The lowest BCUT2D eigenvalue weighted by Gasteiger charge is -2.21. The highest BCUT2D eigenvalue weighted by Crippen LogP contribution is 2.29. The Morgan fingerprint density at radius 3 is 2.55 bits per heavy atom. The van der Waals surface area contributed by atoms with E-state index in [2.05, 4.69) is 10.3 Å². The van der Waals surface area contributed by atoms with Crippen LogP contribution in [0.4, 0.5) is 23.7 Å². The van der Waals surface area contributed by atoms with Crippen molar-refractivity contribution in [3.8, 4) is 5.75 Å². The van der Waals surface area contributed by atoms with Crippen molar-refractivity contribution < 1.29 is 37.0 Å². The molecule has 14 heteroatoms. The number of carbonyl (C=O) groups excluding carboxylic acids is 3. The van der Waals surface area contributed by atoms with E-state index in [1.807, 2.05) is 0 Å². The molecular weight excluding hydrogens is 643 g/mol. The average molecular weight is 680 g/mol. The molecule has 0 spiro atoms. The number of likely N-dealkylation sites (tertiary alicyclic amines) is 1. The zero-order chi connectivity index (χ0) is 35.1. The summed E-state index contributed by atoms with van der Waals surface area (Å²) < 4.78 is 54.4. The van der Waals surface area contributed by atoms with Gasteiger partial charge < -0.3 is 34.1 Å². The second kappa shape index (κ2) is 15.6. The van der Waals surface area contributed by atoms with Crippen LogP contribution in [0, 0.1) is 17.5 Å². The molecule has 1 fully saturated rings. The fourth-order valence-corrected chi connectivity index (χ4v) is 5.30. The van der Waals surface area contributed by atoms with Crippen molar-refractivity contribution in [1.82, 2.24) is 19.4 Å². The molecule has 2 N–H and O–H groups in total. The molecule has 1 aliphatic heterocycles. The van der Waals surface area contributed by atoms with Crippen molar-refractivity contribution in [3.05, 3.63) is 106 Å². The zero-order valence-electron chi connectivity index (χ0n) is 27.0. The molecule has 1 unspecified atom stereocenters. The van der Waals surface area contributed by atoms with E-state index < -0.39 is 41.1 Å². The predicted molar refractivity (Wildman–Crippen MR) is 176 cm³/mol. The molecule has 1 aliphatic rings. The number of benzene rings is 2. The Kier molecular flexibility index (Phi) is 11.1. The molecule has 5 rings (SSSR count). The normalized spacial score (nSPS) is 13.5. The largest absolute Gasteiger partial charge is 0.486 e. The second-order valence-electron chi connectivity index (χ2n) is 11.8. The standard InChI is InChI=1S/C35H36F3N5O6/c1-41(2)31(44)10-4-3-9-29(49-35(47)42-13-5-6-14-42)33(45)40-28-8-7-15-43(34(28)46)20-26-17-23-16-25(37)19-30(32(23)39-26)48-21-22-11-12-24(36)18-27(22)38/h4,7-8,10-12,15-19,29,39H,3,5-6,9,13-14,20-21H2,1-2H3,(H,40,45). The summed E-state index contributed by atoms with van der Waals surface area (Å²) in [7, 11) is 3.22. The third-order valence-corrected chi connectivity index (χ3v) is 7.93. The van der Waals surface area contributed by atoms with Gasteiger partial charge in [0.25, 0.3) is 11.5 Å². The van der Waals surface area contributed by atoms with E-state index in [1.54, 1.807) is 32.3 Å². The van der Waals surface area contributed by atoms with Crippen LogP contribution in [0.25, 0.3) is 10.9 Å². The number of hydrogen-bond acceptors (Lipinski definition) is 6. The number of allylic oxidation sites excluding steroid dienone is 1. The minimum Gasteiger partial charge on any atom is -0.486 e. The molecule has 4 aromatic rings. The van der Waals surface area contributed by atoms with Crippen LogP contribution >= 0.6 is 0 Å². The van der Waals surface area contributed by atoms with Gasteiger partial charge in [0.1, 0.15) is 35.5 Å². The van der Waals surface area contributed by atoms with Gasteiger partial charge in [-0.3, -0.25) is 14.4 Å². The SMILES string of the molecule is CN(C)C(=O)C=CCCC(OC(=O)N1CCCC1)C(=O)Nc1cccn(Cc2cc3cc(F)cc(OCc4ccc(F)cc4F)c3[nH]2)c1=O. The van der Waals surface area contributed by atoms with Gasteiger partial charge in [-0.2, -0.15) is 0 Å². The number of fused-ring (bicyclic) bond motifs is 1. The Morgan fingerprint density at radius 1 is 1.04 bits per heavy atom.